The van der Waals surface area contributed by atoms with Crippen molar-refractivity contribution in [2.45, 2.75) is 57.2 Å². The van der Waals surface area contributed by atoms with Crippen molar-refractivity contribution in [1.82, 2.24) is 0 Å². The zero-order valence-corrected chi connectivity index (χ0v) is 18.5. The maximum Gasteiger partial charge on any atom is 0.122 e. The number of hydrogen-bond acceptors (Lipinski definition) is 4. The number of phenolic OH excluding ortho intramolecular Hbond substituents is 2. The van der Waals surface area contributed by atoms with Gasteiger partial charge in [0.15, 0.2) is 0 Å². The normalized spacial score (nSPS) is 19.8. The van der Waals surface area contributed by atoms with Crippen LogP contribution in [0.25, 0.3) is 0 Å². The fraction of sp³-hybridized carbons (Fsp3) is 0.407. The zero-order chi connectivity index (χ0) is 22.2. The Labute approximate surface area is 184 Å². The number of benzene rings is 2. The molecule has 0 aromatic heterocycles. The van der Waals surface area contributed by atoms with Crippen LogP contribution in [0.3, 0.4) is 0 Å². The minimum atomic E-state index is -0.348. The van der Waals surface area contributed by atoms with E-state index in [0.29, 0.717) is 25.0 Å². The second-order valence-electron chi connectivity index (χ2n) is 9.11. The van der Waals surface area contributed by atoms with Crippen molar-refractivity contribution in [1.29, 1.82) is 0 Å². The van der Waals surface area contributed by atoms with E-state index in [1.165, 1.54) is 11.1 Å². The molecule has 2 aromatic rings. The lowest BCUT2D eigenvalue weighted by molar-refractivity contribution is 0.393. The number of phenols is 2. The number of ether oxygens (including phenoxy) is 2. The third-order valence-corrected chi connectivity index (χ3v) is 6.48. The average Bonchev–Trinajstić information content (AvgIpc) is 3.64. The molecular weight excluding hydrogens is 388 g/mol. The highest BCUT2D eigenvalue weighted by atomic mass is 16.6. The molecule has 2 saturated heterocycles. The molecule has 2 aromatic carbocycles. The fourth-order valence-electron chi connectivity index (χ4n) is 4.73. The van der Waals surface area contributed by atoms with Crippen LogP contribution in [0.4, 0.5) is 0 Å². The Bertz CT molecular complexity index is 980. The predicted molar refractivity (Wildman–Crippen MR) is 123 cm³/mol. The Morgan fingerprint density at radius 3 is 1.90 bits per heavy atom. The largest absolute Gasteiger partial charge is 0.508 e. The van der Waals surface area contributed by atoms with Gasteiger partial charge < -0.3 is 19.7 Å². The first-order valence-electron chi connectivity index (χ1n) is 11.0. The molecular formula is C27H32O4. The van der Waals surface area contributed by atoms with Crippen molar-refractivity contribution in [2.75, 3.05) is 13.2 Å². The Hall–Kier alpha value is -2.56. The van der Waals surface area contributed by atoms with E-state index in [-0.39, 0.29) is 23.4 Å². The summed E-state index contributed by atoms with van der Waals surface area (Å²) in [5, 5.41) is 21.2. The molecule has 0 amide bonds. The Balaban J connectivity index is 2.00. The van der Waals surface area contributed by atoms with Crippen LogP contribution in [0.2, 0.25) is 0 Å². The van der Waals surface area contributed by atoms with Crippen LogP contribution in [0, 0.1) is 0 Å². The third-order valence-electron chi connectivity index (χ3n) is 6.48. The molecule has 2 N–H and O–H groups in total. The molecule has 0 bridgehead atoms. The lowest BCUT2D eigenvalue weighted by Gasteiger charge is -2.34. The average molecular weight is 421 g/mol. The van der Waals surface area contributed by atoms with Crippen LogP contribution in [0.5, 0.6) is 11.5 Å². The smallest absolute Gasteiger partial charge is 0.122 e. The second kappa shape index (κ2) is 8.52. The first kappa shape index (κ1) is 21.7. The molecule has 0 aliphatic carbocycles. The van der Waals surface area contributed by atoms with Crippen LogP contribution in [-0.4, -0.2) is 35.6 Å². The molecule has 2 unspecified atom stereocenters. The highest BCUT2D eigenvalue weighted by Gasteiger charge is 2.37. The molecule has 2 heterocycles. The van der Waals surface area contributed by atoms with Gasteiger partial charge in [-0.1, -0.05) is 38.1 Å². The molecule has 0 saturated carbocycles. The van der Waals surface area contributed by atoms with Crippen molar-refractivity contribution in [2.24, 2.45) is 0 Å². The maximum atomic E-state index is 11.4. The van der Waals surface area contributed by atoms with E-state index < -0.39 is 0 Å². The number of allylic oxidation sites excluding steroid dienone is 2. The Morgan fingerprint density at radius 1 is 0.871 bits per heavy atom. The summed E-state index contributed by atoms with van der Waals surface area (Å²) < 4.78 is 11.1. The van der Waals surface area contributed by atoms with Gasteiger partial charge in [0.25, 0.3) is 0 Å². The van der Waals surface area contributed by atoms with Crippen molar-refractivity contribution in [3.8, 4) is 11.5 Å². The summed E-state index contributed by atoms with van der Waals surface area (Å²) in [5.74, 6) is 0.621. The fourth-order valence-corrected chi connectivity index (χ4v) is 4.73. The number of epoxide rings is 2. The van der Waals surface area contributed by atoms with Crippen LogP contribution in [0.1, 0.15) is 47.2 Å². The van der Waals surface area contributed by atoms with Gasteiger partial charge in [0.05, 0.1) is 25.4 Å². The monoisotopic (exact) mass is 420 g/mol. The first-order valence-corrected chi connectivity index (χ1v) is 11.0. The van der Waals surface area contributed by atoms with Gasteiger partial charge in [-0.3, -0.25) is 0 Å². The number of rotatable bonds is 10. The molecule has 4 heteroatoms. The first-order chi connectivity index (χ1) is 14.9. The van der Waals surface area contributed by atoms with Gasteiger partial charge in [-0.05, 0) is 47.2 Å². The van der Waals surface area contributed by atoms with E-state index in [2.05, 4.69) is 27.0 Å². The standard InChI is InChI=1S/C27H32O4/c1-5-7-21-22(8-6-2)26(29)24(14-20-16-31-20)23(13-19-15-30-19)25(21)27(3,4)17-9-11-18(28)12-10-17/h5-6,9-12,19-20,28-29H,1-2,7-8,13-16H2,3-4H3. The molecule has 31 heavy (non-hydrogen) atoms. The number of aromatic hydroxyl groups is 2. The lowest BCUT2D eigenvalue weighted by atomic mass is 9.69. The summed E-state index contributed by atoms with van der Waals surface area (Å²) in [6.45, 7) is 13.8. The van der Waals surface area contributed by atoms with Gasteiger partial charge in [0, 0.05) is 29.4 Å². The summed E-state index contributed by atoms with van der Waals surface area (Å²) in [4.78, 5) is 0. The third kappa shape index (κ3) is 4.41. The topological polar surface area (TPSA) is 65.5 Å². The summed E-state index contributed by atoms with van der Waals surface area (Å²) >= 11 is 0. The second-order valence-corrected chi connectivity index (χ2v) is 9.11. The van der Waals surface area contributed by atoms with E-state index in [1.54, 1.807) is 12.1 Å². The van der Waals surface area contributed by atoms with E-state index >= 15 is 0 Å². The lowest BCUT2D eigenvalue weighted by Crippen LogP contribution is -2.26. The molecule has 2 atom stereocenters. The van der Waals surface area contributed by atoms with Crippen molar-refractivity contribution >= 4 is 0 Å². The van der Waals surface area contributed by atoms with Crippen molar-refractivity contribution < 1.29 is 19.7 Å². The van der Waals surface area contributed by atoms with Gasteiger partial charge in [0.1, 0.15) is 11.5 Å². The highest BCUT2D eigenvalue weighted by molar-refractivity contribution is 5.61. The Morgan fingerprint density at radius 2 is 1.39 bits per heavy atom. The minimum Gasteiger partial charge on any atom is -0.508 e. The van der Waals surface area contributed by atoms with Crippen LogP contribution >= 0.6 is 0 Å². The number of hydrogen-bond donors (Lipinski definition) is 2. The molecule has 0 radical (unpaired) electrons. The van der Waals surface area contributed by atoms with Crippen molar-refractivity contribution in [3.63, 3.8) is 0 Å². The SMILES string of the molecule is C=CCc1c(O)c(CC2CO2)c(CC2CO2)c(C(C)(C)c2ccc(O)cc2)c1CC=C. The molecule has 0 spiro atoms. The zero-order valence-electron chi connectivity index (χ0n) is 18.5. The molecule has 4 rings (SSSR count). The Kier molecular flexibility index (Phi) is 5.96. The molecule has 4 nitrogen and oxygen atoms in total. The molecule has 2 aliphatic rings. The van der Waals surface area contributed by atoms with Crippen LogP contribution in [-0.2, 0) is 40.6 Å². The van der Waals surface area contributed by atoms with Gasteiger partial charge in [-0.25, -0.2) is 0 Å². The highest BCUT2D eigenvalue weighted by Crippen LogP contribution is 2.45. The van der Waals surface area contributed by atoms with Gasteiger partial charge in [-0.2, -0.15) is 0 Å². The van der Waals surface area contributed by atoms with Crippen LogP contribution in [0.15, 0.2) is 49.6 Å². The van der Waals surface area contributed by atoms with Gasteiger partial charge >= 0.3 is 0 Å². The van der Waals surface area contributed by atoms with Crippen LogP contribution < -0.4 is 0 Å². The summed E-state index contributed by atoms with van der Waals surface area (Å²) in [6, 6.07) is 7.43. The van der Waals surface area contributed by atoms with E-state index in [4.69, 9.17) is 9.47 Å². The maximum absolute atomic E-state index is 11.4. The molecule has 164 valence electrons. The van der Waals surface area contributed by atoms with E-state index in [1.807, 2.05) is 24.3 Å². The van der Waals surface area contributed by atoms with Gasteiger partial charge in [-0.15, -0.1) is 13.2 Å². The van der Waals surface area contributed by atoms with Crippen molar-refractivity contribution in [3.05, 3.63) is 83.0 Å². The summed E-state index contributed by atoms with van der Waals surface area (Å²) in [7, 11) is 0. The van der Waals surface area contributed by atoms with E-state index in [9.17, 15) is 10.2 Å². The summed E-state index contributed by atoms with van der Waals surface area (Å²) in [5.41, 5.74) is 6.16. The summed E-state index contributed by atoms with van der Waals surface area (Å²) in [6.07, 6.45) is 6.82. The predicted octanol–water partition coefficient (Wildman–Crippen LogP) is 4.76. The quantitative estimate of drug-likeness (QED) is 0.429. The van der Waals surface area contributed by atoms with E-state index in [0.717, 1.165) is 41.9 Å². The van der Waals surface area contributed by atoms with Gasteiger partial charge in [0.2, 0.25) is 0 Å². The molecule has 2 fully saturated rings. The minimum absolute atomic E-state index is 0.163. The molecule has 2 aliphatic heterocycles.